The molecule has 2 saturated carbocycles. The van der Waals surface area contributed by atoms with Crippen molar-refractivity contribution in [2.45, 2.75) is 31.7 Å². The standard InChI is InChI=1S/C16H20N2O2/c17-16(12-6-9-1-2-10(12)5-9)11-3-4-14-13(7-11)18-15(19)8-20-14/h3-4,7,9-10,12,16H,1-2,5-6,8,17H2,(H,18,19). The van der Waals surface area contributed by atoms with Gasteiger partial charge in [0.25, 0.3) is 5.91 Å². The molecule has 4 unspecified atom stereocenters. The van der Waals surface area contributed by atoms with E-state index in [1.165, 1.54) is 25.7 Å². The van der Waals surface area contributed by atoms with Crippen molar-refractivity contribution >= 4 is 11.6 Å². The van der Waals surface area contributed by atoms with E-state index >= 15 is 0 Å². The molecule has 0 spiro atoms. The monoisotopic (exact) mass is 272 g/mol. The fourth-order valence-corrected chi connectivity index (χ4v) is 4.29. The van der Waals surface area contributed by atoms with E-state index in [2.05, 4.69) is 5.32 Å². The number of hydrogen-bond donors (Lipinski definition) is 2. The lowest BCUT2D eigenvalue weighted by Crippen LogP contribution is -2.28. The largest absolute Gasteiger partial charge is 0.482 e. The summed E-state index contributed by atoms with van der Waals surface area (Å²) in [6.07, 6.45) is 5.37. The lowest BCUT2D eigenvalue weighted by Gasteiger charge is -2.29. The number of nitrogens with two attached hydrogens (primary N) is 1. The molecule has 1 aromatic rings. The van der Waals surface area contributed by atoms with Crippen LogP contribution in [0.2, 0.25) is 0 Å². The summed E-state index contributed by atoms with van der Waals surface area (Å²) >= 11 is 0. The first-order valence-electron chi connectivity index (χ1n) is 7.53. The molecule has 1 amide bonds. The van der Waals surface area contributed by atoms with Crippen molar-refractivity contribution in [3.05, 3.63) is 23.8 Å². The fourth-order valence-electron chi connectivity index (χ4n) is 4.29. The first-order chi connectivity index (χ1) is 9.70. The van der Waals surface area contributed by atoms with Crippen LogP contribution in [0.25, 0.3) is 0 Å². The van der Waals surface area contributed by atoms with Crippen LogP contribution in [-0.2, 0) is 4.79 Å². The van der Waals surface area contributed by atoms with E-state index in [4.69, 9.17) is 10.5 Å². The van der Waals surface area contributed by atoms with Gasteiger partial charge < -0.3 is 15.8 Å². The Kier molecular flexibility index (Phi) is 2.74. The van der Waals surface area contributed by atoms with E-state index in [0.29, 0.717) is 5.92 Å². The first-order valence-corrected chi connectivity index (χ1v) is 7.53. The third-order valence-corrected chi connectivity index (χ3v) is 5.28. The second-order valence-corrected chi connectivity index (χ2v) is 6.46. The van der Waals surface area contributed by atoms with Gasteiger partial charge in [0.15, 0.2) is 6.61 Å². The highest BCUT2D eigenvalue weighted by atomic mass is 16.5. The van der Waals surface area contributed by atoms with E-state index in [1.54, 1.807) is 0 Å². The summed E-state index contributed by atoms with van der Waals surface area (Å²) in [5.41, 5.74) is 8.38. The second kappa shape index (κ2) is 4.48. The van der Waals surface area contributed by atoms with Crippen LogP contribution in [-0.4, -0.2) is 12.5 Å². The Morgan fingerprint density at radius 2 is 2.20 bits per heavy atom. The van der Waals surface area contributed by atoms with Crippen molar-refractivity contribution in [1.82, 2.24) is 0 Å². The van der Waals surface area contributed by atoms with Crippen molar-refractivity contribution < 1.29 is 9.53 Å². The number of amides is 1. The number of carbonyl (C=O) groups is 1. The summed E-state index contributed by atoms with van der Waals surface area (Å²) in [6.45, 7) is 0.102. The van der Waals surface area contributed by atoms with Gasteiger partial charge in [0.05, 0.1) is 5.69 Å². The van der Waals surface area contributed by atoms with Gasteiger partial charge in [0.2, 0.25) is 0 Å². The van der Waals surface area contributed by atoms with Gasteiger partial charge in [-0.05, 0) is 54.7 Å². The molecule has 1 aromatic carbocycles. The lowest BCUT2D eigenvalue weighted by molar-refractivity contribution is -0.118. The van der Waals surface area contributed by atoms with Gasteiger partial charge in [-0.1, -0.05) is 12.5 Å². The zero-order valence-corrected chi connectivity index (χ0v) is 11.5. The predicted octanol–water partition coefficient (Wildman–Crippen LogP) is 2.45. The molecule has 20 heavy (non-hydrogen) atoms. The van der Waals surface area contributed by atoms with E-state index in [-0.39, 0.29) is 18.6 Å². The Balaban J connectivity index is 1.59. The van der Waals surface area contributed by atoms with Gasteiger partial charge in [0, 0.05) is 6.04 Å². The molecule has 1 aliphatic heterocycles. The van der Waals surface area contributed by atoms with Crippen LogP contribution in [0.3, 0.4) is 0 Å². The SMILES string of the molecule is NC(c1ccc2c(c1)NC(=O)CO2)C1CC2CCC1C2. The third-order valence-electron chi connectivity index (χ3n) is 5.28. The van der Waals surface area contributed by atoms with Crippen LogP contribution < -0.4 is 15.8 Å². The summed E-state index contributed by atoms with van der Waals surface area (Å²) in [4.78, 5) is 11.4. The molecule has 0 aromatic heterocycles. The van der Waals surface area contributed by atoms with Crippen LogP contribution in [0, 0.1) is 17.8 Å². The highest BCUT2D eigenvalue weighted by molar-refractivity contribution is 5.95. The molecule has 2 aliphatic carbocycles. The average Bonchev–Trinajstić information content (AvgIpc) is 3.08. The number of nitrogens with one attached hydrogen (secondary N) is 1. The predicted molar refractivity (Wildman–Crippen MR) is 76.4 cm³/mol. The van der Waals surface area contributed by atoms with E-state index < -0.39 is 0 Å². The maximum absolute atomic E-state index is 11.4. The molecule has 0 saturated heterocycles. The minimum absolute atomic E-state index is 0.0782. The van der Waals surface area contributed by atoms with Crippen LogP contribution in [0.1, 0.15) is 37.3 Å². The normalized spacial score (nSPS) is 32.5. The van der Waals surface area contributed by atoms with Gasteiger partial charge in [0.1, 0.15) is 5.75 Å². The van der Waals surface area contributed by atoms with Crippen molar-refractivity contribution in [2.75, 3.05) is 11.9 Å². The summed E-state index contributed by atoms with van der Waals surface area (Å²) in [7, 11) is 0. The molecule has 3 aliphatic rings. The molecule has 106 valence electrons. The summed E-state index contributed by atoms with van der Waals surface area (Å²) in [6, 6.07) is 6.04. The van der Waals surface area contributed by atoms with Crippen molar-refractivity contribution in [2.24, 2.45) is 23.5 Å². The van der Waals surface area contributed by atoms with E-state index in [9.17, 15) is 4.79 Å². The van der Waals surface area contributed by atoms with Crippen LogP contribution in [0.15, 0.2) is 18.2 Å². The number of ether oxygens (including phenoxy) is 1. The van der Waals surface area contributed by atoms with Gasteiger partial charge in [-0.2, -0.15) is 0 Å². The Morgan fingerprint density at radius 3 is 2.95 bits per heavy atom. The minimum atomic E-state index is -0.0943. The number of rotatable bonds is 2. The smallest absolute Gasteiger partial charge is 0.262 e. The molecule has 1 heterocycles. The average molecular weight is 272 g/mol. The first kappa shape index (κ1) is 12.2. The van der Waals surface area contributed by atoms with Crippen molar-refractivity contribution in [3.63, 3.8) is 0 Å². The molecule has 4 nitrogen and oxygen atoms in total. The summed E-state index contributed by atoms with van der Waals surface area (Å²) in [5, 5.41) is 2.86. The Hall–Kier alpha value is -1.55. The summed E-state index contributed by atoms with van der Waals surface area (Å²) < 4.78 is 5.39. The number of fused-ring (bicyclic) bond motifs is 3. The number of benzene rings is 1. The Morgan fingerprint density at radius 1 is 1.30 bits per heavy atom. The summed E-state index contributed by atoms with van der Waals surface area (Å²) in [5.74, 6) is 2.96. The molecule has 0 radical (unpaired) electrons. The molecule has 2 bridgehead atoms. The second-order valence-electron chi connectivity index (χ2n) is 6.46. The fraction of sp³-hybridized carbons (Fsp3) is 0.562. The minimum Gasteiger partial charge on any atom is -0.482 e. The van der Waals surface area contributed by atoms with Crippen molar-refractivity contribution in [1.29, 1.82) is 0 Å². The molecule has 3 N–H and O–H groups in total. The lowest BCUT2D eigenvalue weighted by atomic mass is 9.81. The van der Waals surface area contributed by atoms with E-state index in [0.717, 1.165) is 28.8 Å². The zero-order chi connectivity index (χ0) is 13.7. The highest BCUT2D eigenvalue weighted by Gasteiger charge is 2.42. The topological polar surface area (TPSA) is 64.3 Å². The molecule has 2 fully saturated rings. The number of anilines is 1. The number of carbonyl (C=O) groups excluding carboxylic acids is 1. The third kappa shape index (κ3) is 1.90. The zero-order valence-electron chi connectivity index (χ0n) is 11.5. The molecule has 4 heteroatoms. The maximum Gasteiger partial charge on any atom is 0.262 e. The van der Waals surface area contributed by atoms with Gasteiger partial charge in [-0.15, -0.1) is 0 Å². The molecular formula is C16H20N2O2. The van der Waals surface area contributed by atoms with Gasteiger partial charge in [-0.25, -0.2) is 0 Å². The molecule has 4 rings (SSSR count). The van der Waals surface area contributed by atoms with Crippen molar-refractivity contribution in [3.8, 4) is 5.75 Å². The van der Waals surface area contributed by atoms with Gasteiger partial charge in [-0.3, -0.25) is 4.79 Å². The van der Waals surface area contributed by atoms with Crippen LogP contribution >= 0.6 is 0 Å². The number of hydrogen-bond acceptors (Lipinski definition) is 3. The molecule has 4 atom stereocenters. The Labute approximate surface area is 118 Å². The van der Waals surface area contributed by atoms with E-state index in [1.807, 2.05) is 18.2 Å². The Bertz CT molecular complexity index is 557. The van der Waals surface area contributed by atoms with Crippen LogP contribution in [0.4, 0.5) is 5.69 Å². The highest BCUT2D eigenvalue weighted by Crippen LogP contribution is 2.52. The quantitative estimate of drug-likeness (QED) is 0.869. The molecular weight excluding hydrogens is 252 g/mol. The van der Waals surface area contributed by atoms with Gasteiger partial charge >= 0.3 is 0 Å². The van der Waals surface area contributed by atoms with Crippen LogP contribution in [0.5, 0.6) is 5.75 Å². The maximum atomic E-state index is 11.4.